The van der Waals surface area contributed by atoms with Gasteiger partial charge in [0.1, 0.15) is 0 Å². The highest BCUT2D eigenvalue weighted by atomic mass is 16.5. The maximum atomic E-state index is 12.1. The predicted molar refractivity (Wildman–Crippen MR) is 92.1 cm³/mol. The Hall–Kier alpha value is -1.22. The normalized spacial score (nSPS) is 27.7. The van der Waals surface area contributed by atoms with E-state index in [1.807, 2.05) is 0 Å². The largest absolute Gasteiger partial charge is 0.379 e. The highest BCUT2D eigenvalue weighted by molar-refractivity contribution is 5.92. The Morgan fingerprint density at radius 1 is 0.760 bits per heavy atom. The van der Waals surface area contributed by atoms with Gasteiger partial charge in [-0.15, -0.1) is 0 Å². The second-order valence-corrected chi connectivity index (χ2v) is 6.94. The number of amides is 2. The van der Waals surface area contributed by atoms with Gasteiger partial charge in [-0.2, -0.15) is 0 Å². The number of hydrogen-bond acceptors (Lipinski definition) is 6. The fraction of sp³-hybridized carbons (Fsp3) is 0.882. The summed E-state index contributed by atoms with van der Waals surface area (Å²) >= 11 is 0. The molecule has 0 aromatic carbocycles. The van der Waals surface area contributed by atoms with Crippen molar-refractivity contribution in [1.82, 2.24) is 20.4 Å². The van der Waals surface area contributed by atoms with E-state index in [4.69, 9.17) is 9.47 Å². The van der Waals surface area contributed by atoms with E-state index in [-0.39, 0.29) is 23.7 Å². The highest BCUT2D eigenvalue weighted by Gasteiger charge is 2.47. The molecule has 0 aromatic rings. The van der Waals surface area contributed by atoms with Crippen molar-refractivity contribution in [3.05, 3.63) is 0 Å². The minimum atomic E-state index is -0.145. The van der Waals surface area contributed by atoms with Crippen LogP contribution in [0, 0.1) is 11.8 Å². The van der Waals surface area contributed by atoms with Crippen LogP contribution in [0.3, 0.4) is 0 Å². The minimum Gasteiger partial charge on any atom is -0.379 e. The van der Waals surface area contributed by atoms with Gasteiger partial charge in [0.25, 0.3) is 0 Å². The quantitative estimate of drug-likeness (QED) is 0.553. The molecule has 8 heteroatoms. The number of nitrogens with one attached hydrogen (secondary N) is 2. The molecule has 2 unspecified atom stereocenters. The summed E-state index contributed by atoms with van der Waals surface area (Å²) in [5.41, 5.74) is 0. The summed E-state index contributed by atoms with van der Waals surface area (Å²) in [5.74, 6) is -0.260. The first-order valence-corrected chi connectivity index (χ1v) is 9.39. The fourth-order valence-electron chi connectivity index (χ4n) is 3.36. The van der Waals surface area contributed by atoms with Gasteiger partial charge >= 0.3 is 0 Å². The minimum absolute atomic E-state index is 0.0154. The smallest absolute Gasteiger partial charge is 0.223 e. The van der Waals surface area contributed by atoms with Crippen LogP contribution in [-0.4, -0.2) is 100 Å². The Labute approximate surface area is 149 Å². The molecule has 2 heterocycles. The van der Waals surface area contributed by atoms with Crippen LogP contribution in [-0.2, 0) is 19.1 Å². The molecule has 2 saturated heterocycles. The Bertz CT molecular complexity index is 410. The molecule has 2 N–H and O–H groups in total. The number of rotatable bonds is 8. The fourth-order valence-corrected chi connectivity index (χ4v) is 3.36. The first-order chi connectivity index (χ1) is 12.2. The van der Waals surface area contributed by atoms with Crippen LogP contribution in [0.25, 0.3) is 0 Å². The van der Waals surface area contributed by atoms with E-state index in [1.165, 1.54) is 0 Å². The molecule has 1 saturated carbocycles. The summed E-state index contributed by atoms with van der Waals surface area (Å²) in [4.78, 5) is 28.8. The number of hydrogen-bond donors (Lipinski definition) is 2. The summed E-state index contributed by atoms with van der Waals surface area (Å²) in [6, 6.07) is 0. The van der Waals surface area contributed by atoms with Crippen molar-refractivity contribution >= 4 is 11.8 Å². The topological polar surface area (TPSA) is 83.1 Å². The Balaban J connectivity index is 1.24. The predicted octanol–water partition coefficient (Wildman–Crippen LogP) is -1.48. The van der Waals surface area contributed by atoms with E-state index in [2.05, 4.69) is 20.4 Å². The zero-order chi connectivity index (χ0) is 17.5. The second kappa shape index (κ2) is 9.47. The standard InChI is InChI=1S/C17H30N4O4/c22-16(18-1-3-20-5-9-24-10-6-20)14-13-15(14)17(23)19-2-4-21-7-11-25-12-8-21/h14-15H,1-13H2,(H,18,22)(H,19,23). The van der Waals surface area contributed by atoms with E-state index in [0.29, 0.717) is 19.5 Å². The first kappa shape index (κ1) is 18.6. The van der Waals surface area contributed by atoms with Gasteiger partial charge in [0.05, 0.1) is 38.3 Å². The van der Waals surface area contributed by atoms with Gasteiger partial charge in [0.2, 0.25) is 11.8 Å². The SMILES string of the molecule is O=C(NCCN1CCOCC1)C1CC1C(=O)NCCN1CCOCC1. The van der Waals surface area contributed by atoms with Crippen LogP contribution in [0.2, 0.25) is 0 Å². The summed E-state index contributed by atoms with van der Waals surface area (Å²) in [6.07, 6.45) is 0.673. The molecule has 3 fully saturated rings. The molecule has 0 spiro atoms. The average molecular weight is 354 g/mol. The molecule has 25 heavy (non-hydrogen) atoms. The molecule has 3 rings (SSSR count). The Kier molecular flexibility index (Phi) is 7.03. The number of carbonyl (C=O) groups is 2. The van der Waals surface area contributed by atoms with Gasteiger partial charge in [-0.1, -0.05) is 0 Å². The van der Waals surface area contributed by atoms with Crippen molar-refractivity contribution in [2.24, 2.45) is 11.8 Å². The van der Waals surface area contributed by atoms with E-state index in [1.54, 1.807) is 0 Å². The lowest BCUT2D eigenvalue weighted by Gasteiger charge is -2.26. The van der Waals surface area contributed by atoms with Crippen molar-refractivity contribution in [2.45, 2.75) is 6.42 Å². The third-order valence-electron chi connectivity index (χ3n) is 5.13. The van der Waals surface area contributed by atoms with Gasteiger partial charge in [-0.05, 0) is 6.42 Å². The van der Waals surface area contributed by atoms with Crippen molar-refractivity contribution in [2.75, 3.05) is 78.8 Å². The van der Waals surface area contributed by atoms with E-state index < -0.39 is 0 Å². The number of ether oxygens (including phenoxy) is 2. The lowest BCUT2D eigenvalue weighted by molar-refractivity contribution is -0.127. The molecule has 0 radical (unpaired) electrons. The Morgan fingerprint density at radius 3 is 1.56 bits per heavy atom. The highest BCUT2D eigenvalue weighted by Crippen LogP contribution is 2.38. The van der Waals surface area contributed by atoms with Gasteiger partial charge < -0.3 is 20.1 Å². The molecular formula is C17H30N4O4. The molecule has 2 atom stereocenters. The number of carbonyl (C=O) groups excluding carboxylic acids is 2. The van der Waals surface area contributed by atoms with Gasteiger partial charge in [-0.3, -0.25) is 19.4 Å². The molecular weight excluding hydrogens is 324 g/mol. The third kappa shape index (κ3) is 5.91. The van der Waals surface area contributed by atoms with E-state index in [9.17, 15) is 9.59 Å². The van der Waals surface area contributed by atoms with Crippen molar-refractivity contribution in [3.63, 3.8) is 0 Å². The molecule has 3 aliphatic rings. The summed E-state index contributed by atoms with van der Waals surface area (Å²) in [6.45, 7) is 9.73. The third-order valence-corrected chi connectivity index (χ3v) is 5.13. The summed E-state index contributed by atoms with van der Waals surface area (Å²) in [5, 5.41) is 5.92. The van der Waals surface area contributed by atoms with E-state index >= 15 is 0 Å². The molecule has 8 nitrogen and oxygen atoms in total. The molecule has 142 valence electrons. The molecule has 2 aliphatic heterocycles. The molecule has 0 aromatic heterocycles. The number of morpholine rings is 2. The van der Waals surface area contributed by atoms with Crippen LogP contribution in [0.4, 0.5) is 0 Å². The summed E-state index contributed by atoms with van der Waals surface area (Å²) < 4.78 is 10.6. The maximum Gasteiger partial charge on any atom is 0.223 e. The molecule has 1 aliphatic carbocycles. The zero-order valence-corrected chi connectivity index (χ0v) is 14.9. The van der Waals surface area contributed by atoms with Gasteiger partial charge in [-0.25, -0.2) is 0 Å². The van der Waals surface area contributed by atoms with Crippen molar-refractivity contribution in [1.29, 1.82) is 0 Å². The van der Waals surface area contributed by atoms with E-state index in [0.717, 1.165) is 65.7 Å². The van der Waals surface area contributed by atoms with Gasteiger partial charge in [0, 0.05) is 52.4 Å². The van der Waals surface area contributed by atoms with Crippen LogP contribution in [0.1, 0.15) is 6.42 Å². The van der Waals surface area contributed by atoms with Crippen LogP contribution < -0.4 is 10.6 Å². The average Bonchev–Trinajstić information content (AvgIpc) is 3.44. The van der Waals surface area contributed by atoms with Crippen LogP contribution in [0.5, 0.6) is 0 Å². The first-order valence-electron chi connectivity index (χ1n) is 9.39. The molecule has 0 bridgehead atoms. The monoisotopic (exact) mass is 354 g/mol. The number of nitrogens with zero attached hydrogens (tertiary/aromatic N) is 2. The van der Waals surface area contributed by atoms with Gasteiger partial charge in [0.15, 0.2) is 0 Å². The van der Waals surface area contributed by atoms with Crippen LogP contribution >= 0.6 is 0 Å². The second-order valence-electron chi connectivity index (χ2n) is 6.94. The lowest BCUT2D eigenvalue weighted by atomic mass is 10.2. The van der Waals surface area contributed by atoms with Crippen molar-refractivity contribution in [3.8, 4) is 0 Å². The van der Waals surface area contributed by atoms with Crippen molar-refractivity contribution < 1.29 is 19.1 Å². The zero-order valence-electron chi connectivity index (χ0n) is 14.9. The maximum absolute atomic E-state index is 12.1. The van der Waals surface area contributed by atoms with Crippen LogP contribution in [0.15, 0.2) is 0 Å². The lowest BCUT2D eigenvalue weighted by Crippen LogP contribution is -2.42. The summed E-state index contributed by atoms with van der Waals surface area (Å²) in [7, 11) is 0. The molecule has 2 amide bonds. The Morgan fingerprint density at radius 2 is 1.16 bits per heavy atom.